The Morgan fingerprint density at radius 2 is 2.15 bits per heavy atom. The lowest BCUT2D eigenvalue weighted by atomic mass is 10.2. The van der Waals surface area contributed by atoms with Crippen LogP contribution in [0.5, 0.6) is 0 Å². The Hall–Kier alpha value is -1.90. The first kappa shape index (κ1) is 13.1. The quantitative estimate of drug-likeness (QED) is 0.686. The highest BCUT2D eigenvalue weighted by atomic mass is 32.2. The van der Waals surface area contributed by atoms with E-state index in [0.717, 1.165) is 4.70 Å². The third kappa shape index (κ3) is 2.17. The summed E-state index contributed by atoms with van der Waals surface area (Å²) >= 11 is 1.27. The van der Waals surface area contributed by atoms with Crippen LogP contribution >= 0.6 is 11.3 Å². The zero-order valence-corrected chi connectivity index (χ0v) is 11.8. The molecule has 0 aliphatic rings. The number of fused-ring (bicyclic) bond motifs is 1. The van der Waals surface area contributed by atoms with E-state index in [9.17, 15) is 13.5 Å². The third-order valence-electron chi connectivity index (χ3n) is 2.78. The van der Waals surface area contributed by atoms with Crippen molar-refractivity contribution in [2.75, 3.05) is 4.72 Å². The molecule has 1 aromatic carbocycles. The van der Waals surface area contributed by atoms with Gasteiger partial charge < -0.3 is 5.11 Å². The Morgan fingerprint density at radius 3 is 2.85 bits per heavy atom. The number of aliphatic hydroxyl groups excluding tert-OH is 1. The molecule has 0 atom stereocenters. The van der Waals surface area contributed by atoms with E-state index in [4.69, 9.17) is 0 Å². The molecule has 0 unspecified atom stereocenters. The first-order valence-electron chi connectivity index (χ1n) is 5.74. The zero-order chi connectivity index (χ0) is 14.2. The summed E-state index contributed by atoms with van der Waals surface area (Å²) in [6, 6.07) is 7.16. The number of rotatable bonds is 4. The summed E-state index contributed by atoms with van der Waals surface area (Å²) in [4.78, 5) is 0.545. The molecule has 3 rings (SSSR count). The van der Waals surface area contributed by atoms with Crippen molar-refractivity contribution in [2.45, 2.75) is 11.5 Å². The van der Waals surface area contributed by atoms with Crippen molar-refractivity contribution in [2.24, 2.45) is 0 Å². The van der Waals surface area contributed by atoms with E-state index in [0.29, 0.717) is 16.0 Å². The minimum atomic E-state index is -3.77. The van der Waals surface area contributed by atoms with Crippen molar-refractivity contribution < 1.29 is 13.5 Å². The van der Waals surface area contributed by atoms with E-state index in [1.165, 1.54) is 23.7 Å². The molecule has 0 spiro atoms. The molecule has 104 valence electrons. The Labute approximate surface area is 119 Å². The molecule has 3 aromatic rings. The Morgan fingerprint density at radius 1 is 1.35 bits per heavy atom. The van der Waals surface area contributed by atoms with Crippen molar-refractivity contribution in [3.05, 3.63) is 41.5 Å². The molecule has 0 bridgehead atoms. The summed E-state index contributed by atoms with van der Waals surface area (Å²) in [7, 11) is -3.77. The number of hydrogen-bond donors (Lipinski definition) is 3. The molecule has 2 aromatic heterocycles. The molecular weight excluding hydrogens is 298 g/mol. The fraction of sp³-hybridized carbons (Fsp3) is 0.0833. The van der Waals surface area contributed by atoms with Gasteiger partial charge in [-0.05, 0) is 6.07 Å². The molecular formula is C12H11N3O3S2. The van der Waals surface area contributed by atoms with Gasteiger partial charge in [0.2, 0.25) is 0 Å². The summed E-state index contributed by atoms with van der Waals surface area (Å²) in [6.07, 6.45) is 2.83. The van der Waals surface area contributed by atoms with Gasteiger partial charge in [-0.2, -0.15) is 5.10 Å². The fourth-order valence-electron chi connectivity index (χ4n) is 1.98. The molecule has 20 heavy (non-hydrogen) atoms. The maximum absolute atomic E-state index is 12.5. The van der Waals surface area contributed by atoms with Gasteiger partial charge in [0.05, 0.1) is 23.4 Å². The number of anilines is 1. The normalized spacial score (nSPS) is 11.8. The number of thiophene rings is 1. The number of aliphatic hydroxyl groups is 1. The molecule has 2 heterocycles. The Balaban J connectivity index is 2.17. The minimum Gasteiger partial charge on any atom is -0.391 e. The lowest BCUT2D eigenvalue weighted by molar-refractivity contribution is 0.283. The number of nitrogens with one attached hydrogen (secondary N) is 2. The van der Waals surface area contributed by atoms with Crippen LogP contribution in [0.4, 0.5) is 5.69 Å². The molecule has 0 saturated carbocycles. The predicted octanol–water partition coefficient (Wildman–Crippen LogP) is 1.92. The fourth-order valence-corrected chi connectivity index (χ4v) is 4.82. The lowest BCUT2D eigenvalue weighted by Gasteiger charge is -2.06. The van der Waals surface area contributed by atoms with Gasteiger partial charge in [0.1, 0.15) is 4.90 Å². The molecule has 0 aliphatic carbocycles. The van der Waals surface area contributed by atoms with Crippen LogP contribution < -0.4 is 4.72 Å². The van der Waals surface area contributed by atoms with Crippen LogP contribution in [0.2, 0.25) is 0 Å². The minimum absolute atomic E-state index is 0.127. The Kier molecular flexibility index (Phi) is 3.20. The van der Waals surface area contributed by atoms with Crippen LogP contribution in [0.3, 0.4) is 0 Å². The number of sulfonamides is 1. The summed E-state index contributed by atoms with van der Waals surface area (Å²) in [6.45, 7) is -0.318. The van der Waals surface area contributed by atoms with E-state index < -0.39 is 10.0 Å². The van der Waals surface area contributed by atoms with Crippen LogP contribution in [-0.4, -0.2) is 23.7 Å². The number of aromatic amines is 1. The number of aromatic nitrogens is 2. The van der Waals surface area contributed by atoms with Crippen molar-refractivity contribution in [1.29, 1.82) is 0 Å². The summed E-state index contributed by atoms with van der Waals surface area (Å²) in [5.74, 6) is 0. The van der Waals surface area contributed by atoms with Crippen LogP contribution in [0, 0.1) is 0 Å². The number of H-pyrrole nitrogens is 1. The maximum atomic E-state index is 12.5. The van der Waals surface area contributed by atoms with Crippen LogP contribution in [-0.2, 0) is 16.6 Å². The molecule has 6 nitrogen and oxygen atoms in total. The van der Waals surface area contributed by atoms with Crippen molar-refractivity contribution in [3.63, 3.8) is 0 Å². The van der Waals surface area contributed by atoms with Gasteiger partial charge in [0.15, 0.2) is 0 Å². The van der Waals surface area contributed by atoms with Gasteiger partial charge in [-0.1, -0.05) is 18.2 Å². The zero-order valence-electron chi connectivity index (χ0n) is 10.2. The summed E-state index contributed by atoms with van der Waals surface area (Å²) < 4.78 is 28.3. The average molecular weight is 309 g/mol. The second-order valence-corrected chi connectivity index (χ2v) is 6.86. The molecule has 0 saturated heterocycles. The molecule has 8 heteroatoms. The van der Waals surface area contributed by atoms with E-state index in [-0.39, 0.29) is 11.5 Å². The Bertz CT molecular complexity index is 838. The second kappa shape index (κ2) is 4.89. The first-order valence-corrected chi connectivity index (χ1v) is 8.04. The van der Waals surface area contributed by atoms with Crippen LogP contribution in [0.25, 0.3) is 10.1 Å². The summed E-state index contributed by atoms with van der Waals surface area (Å²) in [5, 5.41) is 16.3. The predicted molar refractivity (Wildman–Crippen MR) is 77.1 cm³/mol. The largest absolute Gasteiger partial charge is 0.391 e. The van der Waals surface area contributed by atoms with E-state index in [1.54, 1.807) is 12.1 Å². The molecule has 0 fully saturated rings. The topological polar surface area (TPSA) is 95.1 Å². The highest BCUT2D eigenvalue weighted by Crippen LogP contribution is 2.35. The van der Waals surface area contributed by atoms with Crippen LogP contribution in [0.15, 0.2) is 41.6 Å². The average Bonchev–Trinajstić information content (AvgIpc) is 3.04. The van der Waals surface area contributed by atoms with E-state index in [2.05, 4.69) is 14.9 Å². The first-order chi connectivity index (χ1) is 9.62. The monoisotopic (exact) mass is 309 g/mol. The SMILES string of the molecule is O=S(=O)(Nc1cn[nH]c1)c1c(CO)sc2ccccc12. The third-order valence-corrected chi connectivity index (χ3v) is 5.57. The number of benzene rings is 1. The lowest BCUT2D eigenvalue weighted by Crippen LogP contribution is -2.13. The van der Waals surface area contributed by atoms with Crippen molar-refractivity contribution in [3.8, 4) is 0 Å². The summed E-state index contributed by atoms with van der Waals surface area (Å²) in [5.41, 5.74) is 0.351. The van der Waals surface area contributed by atoms with Gasteiger partial charge in [0.25, 0.3) is 10.0 Å². The smallest absolute Gasteiger partial charge is 0.263 e. The molecule has 0 aliphatic heterocycles. The van der Waals surface area contributed by atoms with Gasteiger partial charge in [-0.3, -0.25) is 9.82 Å². The number of nitrogens with zero attached hydrogens (tertiary/aromatic N) is 1. The van der Waals surface area contributed by atoms with Crippen molar-refractivity contribution in [1.82, 2.24) is 10.2 Å². The van der Waals surface area contributed by atoms with Gasteiger partial charge in [0, 0.05) is 16.3 Å². The highest BCUT2D eigenvalue weighted by molar-refractivity contribution is 7.93. The second-order valence-electron chi connectivity index (χ2n) is 4.10. The highest BCUT2D eigenvalue weighted by Gasteiger charge is 2.24. The van der Waals surface area contributed by atoms with Gasteiger partial charge >= 0.3 is 0 Å². The molecule has 0 radical (unpaired) electrons. The van der Waals surface area contributed by atoms with Gasteiger partial charge in [-0.15, -0.1) is 11.3 Å². The van der Waals surface area contributed by atoms with Crippen LogP contribution in [0.1, 0.15) is 4.88 Å². The van der Waals surface area contributed by atoms with E-state index >= 15 is 0 Å². The maximum Gasteiger partial charge on any atom is 0.263 e. The standard InChI is InChI=1S/C12H11N3O3S2/c16-7-11-12(9-3-1-2-4-10(9)19-11)20(17,18)15-8-5-13-14-6-8/h1-6,15-16H,7H2,(H,13,14). The molecule has 3 N–H and O–H groups in total. The number of hydrogen-bond acceptors (Lipinski definition) is 5. The van der Waals surface area contributed by atoms with E-state index in [1.807, 2.05) is 12.1 Å². The molecule has 0 amide bonds. The van der Waals surface area contributed by atoms with Crippen molar-refractivity contribution >= 4 is 37.1 Å². The van der Waals surface area contributed by atoms with Gasteiger partial charge in [-0.25, -0.2) is 8.42 Å².